The number of thiazole rings is 1. The lowest BCUT2D eigenvalue weighted by Gasteiger charge is -1.89. The summed E-state index contributed by atoms with van der Waals surface area (Å²) in [6.07, 6.45) is 3.10. The van der Waals surface area contributed by atoms with E-state index in [1.807, 2.05) is 0 Å². The molecule has 0 amide bonds. The van der Waals surface area contributed by atoms with Crippen molar-refractivity contribution in [3.8, 4) is 5.13 Å². The Morgan fingerprint density at radius 2 is 2.46 bits per heavy atom. The van der Waals surface area contributed by atoms with Crippen LogP contribution in [0.3, 0.4) is 0 Å². The zero-order valence-corrected chi connectivity index (χ0v) is 7.10. The summed E-state index contributed by atoms with van der Waals surface area (Å²) in [7, 11) is 0. The highest BCUT2D eigenvalue weighted by molar-refractivity contribution is 7.12. The number of aromatic carboxylic acids is 1. The molecule has 0 unspecified atom stereocenters. The minimum atomic E-state index is -1.04. The normalized spacial score (nSPS) is 10.2. The molecule has 7 heteroatoms. The quantitative estimate of drug-likeness (QED) is 0.752. The average Bonchev–Trinajstić information content (AvgIpc) is 2.75. The molecule has 2 aromatic rings. The van der Waals surface area contributed by atoms with Crippen molar-refractivity contribution in [3.05, 3.63) is 23.5 Å². The van der Waals surface area contributed by atoms with E-state index in [1.165, 1.54) is 27.6 Å². The molecule has 0 aliphatic carbocycles. The van der Waals surface area contributed by atoms with Gasteiger partial charge in [0.25, 0.3) is 0 Å². The fourth-order valence-corrected chi connectivity index (χ4v) is 1.50. The van der Waals surface area contributed by atoms with Gasteiger partial charge in [-0.05, 0) is 0 Å². The second-order valence-electron chi connectivity index (χ2n) is 2.17. The van der Waals surface area contributed by atoms with Crippen molar-refractivity contribution in [2.45, 2.75) is 0 Å². The van der Waals surface area contributed by atoms with Crippen LogP contribution in [-0.4, -0.2) is 31.1 Å². The fourth-order valence-electron chi connectivity index (χ4n) is 0.778. The van der Waals surface area contributed by atoms with Gasteiger partial charge in [-0.25, -0.2) is 9.78 Å². The zero-order chi connectivity index (χ0) is 9.26. The summed E-state index contributed by atoms with van der Waals surface area (Å²) >= 11 is 1.20. The lowest BCUT2D eigenvalue weighted by atomic mass is 10.5. The van der Waals surface area contributed by atoms with Crippen LogP contribution in [0.4, 0.5) is 0 Å². The summed E-state index contributed by atoms with van der Waals surface area (Å²) in [5.74, 6) is -1.04. The van der Waals surface area contributed by atoms with Crippen molar-refractivity contribution in [1.29, 1.82) is 0 Å². The number of hydrogen-bond donors (Lipinski definition) is 1. The Bertz CT molecular complexity index is 422. The second kappa shape index (κ2) is 2.94. The Morgan fingerprint density at radius 3 is 3.00 bits per heavy atom. The molecule has 0 atom stereocenters. The predicted molar refractivity (Wildman–Crippen MR) is 44.0 cm³/mol. The summed E-state index contributed by atoms with van der Waals surface area (Å²) < 4.78 is 1.41. The van der Waals surface area contributed by atoms with Crippen LogP contribution >= 0.6 is 11.3 Å². The van der Waals surface area contributed by atoms with Gasteiger partial charge < -0.3 is 5.11 Å². The highest BCUT2D eigenvalue weighted by Gasteiger charge is 2.09. The van der Waals surface area contributed by atoms with Crippen molar-refractivity contribution in [2.75, 3.05) is 0 Å². The van der Waals surface area contributed by atoms with E-state index < -0.39 is 5.97 Å². The lowest BCUT2D eigenvalue weighted by Crippen LogP contribution is -1.99. The molecule has 0 fully saturated rings. The summed E-state index contributed by atoms with van der Waals surface area (Å²) in [6, 6.07) is 0. The van der Waals surface area contributed by atoms with Crippen molar-refractivity contribution in [3.63, 3.8) is 0 Å². The van der Waals surface area contributed by atoms with E-state index in [4.69, 9.17) is 5.11 Å². The van der Waals surface area contributed by atoms with E-state index in [1.54, 1.807) is 6.20 Å². The number of hydrogen-bond acceptors (Lipinski definition) is 5. The van der Waals surface area contributed by atoms with E-state index in [0.29, 0.717) is 5.13 Å². The first-order chi connectivity index (χ1) is 6.27. The maximum absolute atomic E-state index is 10.5. The number of carboxylic acids is 1. The highest BCUT2D eigenvalue weighted by atomic mass is 32.1. The van der Waals surface area contributed by atoms with Crippen LogP contribution in [0.2, 0.25) is 0 Å². The largest absolute Gasteiger partial charge is 0.476 e. The van der Waals surface area contributed by atoms with E-state index in [-0.39, 0.29) is 5.69 Å². The number of rotatable bonds is 2. The van der Waals surface area contributed by atoms with Crippen LogP contribution in [0.1, 0.15) is 10.5 Å². The van der Waals surface area contributed by atoms with Crippen LogP contribution in [0.15, 0.2) is 17.8 Å². The van der Waals surface area contributed by atoms with Crippen LogP contribution in [0, 0.1) is 0 Å². The van der Waals surface area contributed by atoms with Gasteiger partial charge in [-0.15, -0.1) is 16.4 Å². The van der Waals surface area contributed by atoms with Crippen molar-refractivity contribution in [1.82, 2.24) is 20.0 Å². The summed E-state index contributed by atoms with van der Waals surface area (Å²) in [6.45, 7) is 0. The Balaban J connectivity index is 2.39. The molecule has 0 aliphatic heterocycles. The molecule has 2 aromatic heterocycles. The second-order valence-corrected chi connectivity index (χ2v) is 3.00. The lowest BCUT2D eigenvalue weighted by molar-refractivity contribution is 0.0691. The fraction of sp³-hybridized carbons (Fsp3) is 0. The molecule has 0 bridgehead atoms. The average molecular weight is 196 g/mol. The number of nitrogens with zero attached hydrogens (tertiary/aromatic N) is 4. The zero-order valence-electron chi connectivity index (χ0n) is 6.28. The summed E-state index contributed by atoms with van der Waals surface area (Å²) in [5.41, 5.74) is 0.0236. The van der Waals surface area contributed by atoms with Crippen LogP contribution in [-0.2, 0) is 0 Å². The van der Waals surface area contributed by atoms with Crippen molar-refractivity contribution < 1.29 is 9.90 Å². The third kappa shape index (κ3) is 1.41. The number of carboxylic acid groups (broad SMARTS) is 1. The molecule has 13 heavy (non-hydrogen) atoms. The summed E-state index contributed by atoms with van der Waals surface area (Å²) in [5, 5.41) is 17.8. The molecule has 0 aromatic carbocycles. The first-order valence-electron chi connectivity index (χ1n) is 3.33. The first-order valence-corrected chi connectivity index (χ1v) is 4.21. The van der Waals surface area contributed by atoms with Crippen LogP contribution in [0.5, 0.6) is 0 Å². The monoisotopic (exact) mass is 196 g/mol. The molecule has 1 N–H and O–H groups in total. The van der Waals surface area contributed by atoms with Crippen LogP contribution in [0.25, 0.3) is 5.13 Å². The molecule has 0 radical (unpaired) electrons. The van der Waals surface area contributed by atoms with Gasteiger partial charge >= 0.3 is 5.97 Å². The van der Waals surface area contributed by atoms with Gasteiger partial charge in [0.2, 0.25) is 5.13 Å². The third-order valence-electron chi connectivity index (χ3n) is 1.33. The van der Waals surface area contributed by atoms with Gasteiger partial charge in [-0.1, -0.05) is 5.21 Å². The topological polar surface area (TPSA) is 80.9 Å². The van der Waals surface area contributed by atoms with E-state index >= 15 is 0 Å². The van der Waals surface area contributed by atoms with Gasteiger partial charge in [-0.2, -0.15) is 4.68 Å². The number of aromatic nitrogens is 4. The first kappa shape index (κ1) is 7.87. The molecule has 6 nitrogen and oxygen atoms in total. The molecule has 0 saturated heterocycles. The molecule has 0 aliphatic rings. The minimum absolute atomic E-state index is 0.0236. The molecule has 0 saturated carbocycles. The highest BCUT2D eigenvalue weighted by Crippen LogP contribution is 2.12. The van der Waals surface area contributed by atoms with E-state index in [0.717, 1.165) is 0 Å². The predicted octanol–water partition coefficient (Wildman–Crippen LogP) is 0.422. The van der Waals surface area contributed by atoms with Gasteiger partial charge in [-0.3, -0.25) is 0 Å². The number of carbonyl (C=O) groups is 1. The maximum Gasteiger partial charge on any atom is 0.355 e. The Morgan fingerprint density at radius 1 is 1.62 bits per heavy atom. The standard InChI is InChI=1S/C6H4N4O2S/c11-5(12)4-3-13-6(8-4)10-2-1-7-9-10/h1-3H,(H,11,12). The SMILES string of the molecule is O=C(O)c1csc(-n2ccnn2)n1. The Hall–Kier alpha value is -1.76. The Labute approximate surface area is 76.5 Å². The maximum atomic E-state index is 10.5. The Kier molecular flexibility index (Phi) is 1.78. The van der Waals surface area contributed by atoms with Gasteiger partial charge in [0.15, 0.2) is 5.69 Å². The summed E-state index contributed by atoms with van der Waals surface area (Å²) in [4.78, 5) is 14.3. The van der Waals surface area contributed by atoms with Crippen molar-refractivity contribution >= 4 is 17.3 Å². The molecule has 2 heterocycles. The van der Waals surface area contributed by atoms with Crippen LogP contribution < -0.4 is 0 Å². The molecule has 0 spiro atoms. The molecular weight excluding hydrogens is 192 g/mol. The smallest absolute Gasteiger partial charge is 0.355 e. The third-order valence-corrected chi connectivity index (χ3v) is 2.16. The molecule has 66 valence electrons. The van der Waals surface area contributed by atoms with E-state index in [2.05, 4.69) is 15.3 Å². The molecular formula is C6H4N4O2S. The van der Waals surface area contributed by atoms with Gasteiger partial charge in [0, 0.05) is 5.38 Å². The van der Waals surface area contributed by atoms with E-state index in [9.17, 15) is 4.79 Å². The molecule has 2 rings (SSSR count). The minimum Gasteiger partial charge on any atom is -0.476 e. The van der Waals surface area contributed by atoms with Gasteiger partial charge in [0.05, 0.1) is 12.4 Å². The van der Waals surface area contributed by atoms with Crippen molar-refractivity contribution in [2.24, 2.45) is 0 Å². The van der Waals surface area contributed by atoms with Gasteiger partial charge in [0.1, 0.15) is 0 Å².